The van der Waals surface area contributed by atoms with Crippen LogP contribution >= 0.6 is 0 Å². The number of carbonyl (C=O) groups is 1. The third-order valence-corrected chi connectivity index (χ3v) is 4.08. The van der Waals surface area contributed by atoms with Gasteiger partial charge < -0.3 is 19.7 Å². The van der Waals surface area contributed by atoms with Crippen molar-refractivity contribution in [2.24, 2.45) is 11.8 Å². The molecule has 2 unspecified atom stereocenters. The van der Waals surface area contributed by atoms with E-state index in [4.69, 9.17) is 9.47 Å². The predicted octanol–water partition coefficient (Wildman–Crippen LogP) is 2.89. The summed E-state index contributed by atoms with van der Waals surface area (Å²) in [5.41, 5.74) is 0.940. The van der Waals surface area contributed by atoms with Crippen LogP contribution in [-0.2, 0) is 6.54 Å². The number of nitrogens with zero attached hydrogens (tertiary/aromatic N) is 1. The van der Waals surface area contributed by atoms with Crippen molar-refractivity contribution in [2.45, 2.75) is 26.8 Å². The van der Waals surface area contributed by atoms with E-state index in [9.17, 15) is 4.79 Å². The summed E-state index contributed by atoms with van der Waals surface area (Å²) in [5, 5.41) is 2.99. The van der Waals surface area contributed by atoms with Gasteiger partial charge in [-0.3, -0.25) is 0 Å². The monoisotopic (exact) mass is 306 g/mol. The van der Waals surface area contributed by atoms with Crippen LogP contribution in [0.4, 0.5) is 4.79 Å². The highest BCUT2D eigenvalue weighted by atomic mass is 16.5. The van der Waals surface area contributed by atoms with E-state index in [-0.39, 0.29) is 6.03 Å². The molecule has 5 heteroatoms. The van der Waals surface area contributed by atoms with Crippen LogP contribution in [0.3, 0.4) is 0 Å². The van der Waals surface area contributed by atoms with Crippen LogP contribution in [0.5, 0.6) is 11.5 Å². The van der Waals surface area contributed by atoms with E-state index in [1.54, 1.807) is 14.2 Å². The van der Waals surface area contributed by atoms with Gasteiger partial charge in [-0.2, -0.15) is 0 Å². The van der Waals surface area contributed by atoms with Gasteiger partial charge in [0.2, 0.25) is 0 Å². The molecule has 122 valence electrons. The Morgan fingerprint density at radius 1 is 1.23 bits per heavy atom. The number of amides is 2. The molecule has 0 saturated carbocycles. The first kappa shape index (κ1) is 16.5. The molecule has 1 fully saturated rings. The van der Waals surface area contributed by atoms with Crippen molar-refractivity contribution in [1.29, 1.82) is 0 Å². The van der Waals surface area contributed by atoms with E-state index < -0.39 is 0 Å². The normalized spacial score (nSPS) is 21.4. The summed E-state index contributed by atoms with van der Waals surface area (Å²) in [6.45, 7) is 6.50. The largest absolute Gasteiger partial charge is 0.497 e. The lowest BCUT2D eigenvalue weighted by molar-refractivity contribution is 0.146. The molecular formula is C17H26N2O3. The molecule has 0 bridgehead atoms. The van der Waals surface area contributed by atoms with Crippen LogP contribution in [0.2, 0.25) is 0 Å². The maximum atomic E-state index is 12.3. The second kappa shape index (κ2) is 7.38. The minimum absolute atomic E-state index is 0.00345. The zero-order valence-electron chi connectivity index (χ0n) is 13.9. The van der Waals surface area contributed by atoms with Gasteiger partial charge in [-0.25, -0.2) is 4.79 Å². The third kappa shape index (κ3) is 4.06. The highest BCUT2D eigenvalue weighted by Crippen LogP contribution is 2.25. The van der Waals surface area contributed by atoms with Gasteiger partial charge in [0, 0.05) is 31.3 Å². The Morgan fingerprint density at radius 2 is 1.91 bits per heavy atom. The van der Waals surface area contributed by atoms with Crippen molar-refractivity contribution in [3.63, 3.8) is 0 Å². The third-order valence-electron chi connectivity index (χ3n) is 4.08. The number of hydrogen-bond acceptors (Lipinski definition) is 3. The fourth-order valence-corrected chi connectivity index (χ4v) is 3.11. The summed E-state index contributed by atoms with van der Waals surface area (Å²) < 4.78 is 10.5. The van der Waals surface area contributed by atoms with Crippen LogP contribution in [0, 0.1) is 11.8 Å². The zero-order chi connectivity index (χ0) is 16.1. The van der Waals surface area contributed by atoms with Crippen molar-refractivity contribution < 1.29 is 14.3 Å². The topological polar surface area (TPSA) is 50.8 Å². The molecule has 0 aliphatic carbocycles. The Balaban J connectivity index is 1.96. The molecular weight excluding hydrogens is 280 g/mol. The number of rotatable bonds is 4. The lowest BCUT2D eigenvalue weighted by Crippen LogP contribution is -2.47. The Kier molecular flexibility index (Phi) is 5.52. The number of benzene rings is 1. The van der Waals surface area contributed by atoms with Gasteiger partial charge in [-0.05, 0) is 30.4 Å². The van der Waals surface area contributed by atoms with E-state index in [0.717, 1.165) is 30.2 Å². The zero-order valence-corrected chi connectivity index (χ0v) is 13.9. The summed E-state index contributed by atoms with van der Waals surface area (Å²) in [6, 6.07) is 5.61. The molecule has 2 amide bonds. The van der Waals surface area contributed by atoms with E-state index in [1.807, 2.05) is 23.1 Å². The average Bonchev–Trinajstić information content (AvgIpc) is 2.51. The molecule has 0 radical (unpaired) electrons. The molecule has 1 saturated heterocycles. The smallest absolute Gasteiger partial charge is 0.317 e. The van der Waals surface area contributed by atoms with Gasteiger partial charge >= 0.3 is 6.03 Å². The van der Waals surface area contributed by atoms with Crippen molar-refractivity contribution in [3.8, 4) is 11.5 Å². The molecule has 2 rings (SSSR count). The van der Waals surface area contributed by atoms with E-state index in [1.165, 1.54) is 6.42 Å². The van der Waals surface area contributed by atoms with Gasteiger partial charge in [-0.15, -0.1) is 0 Å². The number of ether oxygens (including phenoxy) is 2. The van der Waals surface area contributed by atoms with Crippen molar-refractivity contribution in [1.82, 2.24) is 10.2 Å². The van der Waals surface area contributed by atoms with E-state index in [2.05, 4.69) is 19.2 Å². The first-order chi connectivity index (χ1) is 10.5. The number of methoxy groups -OCH3 is 2. The second-order valence-corrected chi connectivity index (χ2v) is 6.19. The average molecular weight is 306 g/mol. The maximum Gasteiger partial charge on any atom is 0.317 e. The fraction of sp³-hybridized carbons (Fsp3) is 0.588. The quantitative estimate of drug-likeness (QED) is 0.930. The number of carbonyl (C=O) groups excluding carboxylic acids is 1. The Hall–Kier alpha value is -1.91. The van der Waals surface area contributed by atoms with Crippen molar-refractivity contribution >= 4 is 6.03 Å². The second-order valence-electron chi connectivity index (χ2n) is 6.19. The van der Waals surface area contributed by atoms with E-state index >= 15 is 0 Å². The minimum Gasteiger partial charge on any atom is -0.497 e. The number of hydrogen-bond donors (Lipinski definition) is 1. The van der Waals surface area contributed by atoms with Crippen LogP contribution in [0.15, 0.2) is 18.2 Å². The van der Waals surface area contributed by atoms with Crippen LogP contribution in [0.25, 0.3) is 0 Å². The Morgan fingerprint density at radius 3 is 2.50 bits per heavy atom. The summed E-state index contributed by atoms with van der Waals surface area (Å²) in [7, 11) is 3.24. The van der Waals surface area contributed by atoms with E-state index in [0.29, 0.717) is 18.4 Å². The van der Waals surface area contributed by atoms with Gasteiger partial charge in [0.15, 0.2) is 0 Å². The molecule has 1 heterocycles. The molecule has 1 aliphatic rings. The van der Waals surface area contributed by atoms with Crippen molar-refractivity contribution in [2.75, 3.05) is 27.3 Å². The predicted molar refractivity (Wildman–Crippen MR) is 86.3 cm³/mol. The molecule has 22 heavy (non-hydrogen) atoms. The fourth-order valence-electron chi connectivity index (χ4n) is 3.11. The van der Waals surface area contributed by atoms with Gasteiger partial charge in [-0.1, -0.05) is 13.8 Å². The molecule has 0 aromatic heterocycles. The molecule has 1 aromatic carbocycles. The van der Waals surface area contributed by atoms with Gasteiger partial charge in [0.25, 0.3) is 0 Å². The van der Waals surface area contributed by atoms with Gasteiger partial charge in [0.1, 0.15) is 11.5 Å². The summed E-state index contributed by atoms with van der Waals surface area (Å²) in [6.07, 6.45) is 1.19. The molecule has 5 nitrogen and oxygen atoms in total. The SMILES string of the molecule is COc1ccc(CNC(=O)N2CC(C)CC(C)C2)c(OC)c1. The first-order valence-corrected chi connectivity index (χ1v) is 7.77. The lowest BCUT2D eigenvalue weighted by atomic mass is 9.92. The first-order valence-electron chi connectivity index (χ1n) is 7.77. The summed E-state index contributed by atoms with van der Waals surface area (Å²) in [4.78, 5) is 14.2. The van der Waals surface area contributed by atoms with Crippen LogP contribution in [0.1, 0.15) is 25.8 Å². The molecule has 1 aliphatic heterocycles. The number of nitrogens with one attached hydrogen (secondary N) is 1. The van der Waals surface area contributed by atoms with Crippen LogP contribution in [-0.4, -0.2) is 38.2 Å². The summed E-state index contributed by atoms with van der Waals surface area (Å²) in [5.74, 6) is 2.58. The minimum atomic E-state index is -0.00345. The van der Waals surface area contributed by atoms with Crippen LogP contribution < -0.4 is 14.8 Å². The highest BCUT2D eigenvalue weighted by molar-refractivity contribution is 5.74. The molecule has 1 aromatic rings. The van der Waals surface area contributed by atoms with Crippen molar-refractivity contribution in [3.05, 3.63) is 23.8 Å². The standard InChI is InChI=1S/C17H26N2O3/c1-12-7-13(2)11-19(10-12)17(20)18-9-14-5-6-15(21-3)8-16(14)22-4/h5-6,8,12-13H,7,9-11H2,1-4H3,(H,18,20). The lowest BCUT2D eigenvalue weighted by Gasteiger charge is -2.35. The highest BCUT2D eigenvalue weighted by Gasteiger charge is 2.25. The number of urea groups is 1. The maximum absolute atomic E-state index is 12.3. The van der Waals surface area contributed by atoms with Gasteiger partial charge in [0.05, 0.1) is 14.2 Å². The molecule has 2 atom stereocenters. The summed E-state index contributed by atoms with van der Waals surface area (Å²) >= 11 is 0. The molecule has 0 spiro atoms. The number of likely N-dealkylation sites (tertiary alicyclic amines) is 1. The Labute approximate surface area is 132 Å². The molecule has 1 N–H and O–H groups in total. The number of piperidine rings is 1. The Bertz CT molecular complexity index is 509.